The van der Waals surface area contributed by atoms with Gasteiger partial charge >= 0.3 is 11.9 Å². The number of esters is 1. The van der Waals surface area contributed by atoms with Crippen LogP contribution >= 0.6 is 0 Å². The summed E-state index contributed by atoms with van der Waals surface area (Å²) in [4.78, 5) is 22.8. The first-order chi connectivity index (χ1) is 17.6. The van der Waals surface area contributed by atoms with Crippen LogP contribution in [-0.4, -0.2) is 23.1 Å². The normalized spacial score (nSPS) is 12.3. The molecule has 0 rings (SSSR count). The molecule has 0 aliphatic rings. The highest BCUT2D eigenvalue weighted by Crippen LogP contribution is 2.17. The smallest absolute Gasteiger partial charge is 0.306 e. The molecule has 0 fully saturated rings. The molecule has 0 aliphatic heterocycles. The average Bonchev–Trinajstić information content (AvgIpc) is 2.85. The van der Waals surface area contributed by atoms with Crippen LogP contribution in [0.25, 0.3) is 0 Å². The third kappa shape index (κ3) is 27.3. The molecule has 1 unspecified atom stereocenters. The molecular formula is C32H60O4. The lowest BCUT2D eigenvalue weighted by Crippen LogP contribution is -2.18. The minimum atomic E-state index is -0.685. The Hall–Kier alpha value is -1.32. The van der Waals surface area contributed by atoms with Gasteiger partial charge in [0.2, 0.25) is 0 Å². The predicted octanol–water partition coefficient (Wildman–Crippen LogP) is 10.3. The predicted molar refractivity (Wildman–Crippen MR) is 153 cm³/mol. The Bertz CT molecular complexity index is 514. The van der Waals surface area contributed by atoms with Gasteiger partial charge < -0.3 is 9.84 Å². The van der Waals surface area contributed by atoms with Gasteiger partial charge in [-0.05, 0) is 57.8 Å². The number of rotatable bonds is 28. The van der Waals surface area contributed by atoms with E-state index in [9.17, 15) is 9.59 Å². The van der Waals surface area contributed by atoms with E-state index < -0.39 is 5.97 Å². The Kier molecular flexibility index (Phi) is 27.2. The molecule has 0 spiro atoms. The molecule has 36 heavy (non-hydrogen) atoms. The Labute approximate surface area is 224 Å². The zero-order valence-corrected chi connectivity index (χ0v) is 24.1. The summed E-state index contributed by atoms with van der Waals surface area (Å²) in [6.45, 7) is 4.42. The van der Waals surface area contributed by atoms with Crippen LogP contribution in [0.4, 0.5) is 0 Å². The second-order valence-electron chi connectivity index (χ2n) is 10.6. The van der Waals surface area contributed by atoms with Crippen molar-refractivity contribution in [1.29, 1.82) is 0 Å². The molecule has 1 N–H and O–H groups in total. The number of carbonyl (C=O) groups excluding carboxylic acids is 1. The monoisotopic (exact) mass is 508 g/mol. The molecule has 0 aromatic heterocycles. The van der Waals surface area contributed by atoms with Crippen molar-refractivity contribution in [2.24, 2.45) is 0 Å². The number of carboxylic acid groups (broad SMARTS) is 1. The second kappa shape index (κ2) is 28.3. The Morgan fingerprint density at radius 1 is 0.583 bits per heavy atom. The Balaban J connectivity index is 3.59. The van der Waals surface area contributed by atoms with Crippen molar-refractivity contribution < 1.29 is 19.4 Å². The molecule has 0 radical (unpaired) electrons. The largest absolute Gasteiger partial charge is 0.481 e. The van der Waals surface area contributed by atoms with Crippen molar-refractivity contribution in [1.82, 2.24) is 0 Å². The van der Waals surface area contributed by atoms with E-state index in [0.29, 0.717) is 12.8 Å². The van der Waals surface area contributed by atoms with Gasteiger partial charge in [-0.25, -0.2) is 0 Å². The maximum absolute atomic E-state index is 12.3. The Morgan fingerprint density at radius 3 is 1.58 bits per heavy atom. The highest BCUT2D eigenvalue weighted by Gasteiger charge is 2.13. The van der Waals surface area contributed by atoms with E-state index in [0.717, 1.165) is 57.8 Å². The Morgan fingerprint density at radius 2 is 1.06 bits per heavy atom. The van der Waals surface area contributed by atoms with E-state index >= 15 is 0 Å². The van der Waals surface area contributed by atoms with Crippen LogP contribution in [0.2, 0.25) is 0 Å². The summed E-state index contributed by atoms with van der Waals surface area (Å²) >= 11 is 0. The molecule has 4 heteroatoms. The van der Waals surface area contributed by atoms with Gasteiger partial charge in [0.25, 0.3) is 0 Å². The molecule has 4 nitrogen and oxygen atoms in total. The summed E-state index contributed by atoms with van der Waals surface area (Å²) in [6, 6.07) is 0. The van der Waals surface area contributed by atoms with Crippen LogP contribution < -0.4 is 0 Å². The summed E-state index contributed by atoms with van der Waals surface area (Å²) in [7, 11) is 0. The third-order valence-electron chi connectivity index (χ3n) is 6.97. The minimum Gasteiger partial charge on any atom is -0.481 e. The summed E-state index contributed by atoms with van der Waals surface area (Å²) in [5.41, 5.74) is 0. The van der Waals surface area contributed by atoms with Crippen LogP contribution in [0.3, 0.4) is 0 Å². The number of carbonyl (C=O) groups is 2. The molecule has 0 saturated carbocycles. The van der Waals surface area contributed by atoms with Crippen molar-refractivity contribution in [2.75, 3.05) is 0 Å². The third-order valence-corrected chi connectivity index (χ3v) is 6.97. The van der Waals surface area contributed by atoms with Gasteiger partial charge in [-0.2, -0.15) is 0 Å². The van der Waals surface area contributed by atoms with Crippen molar-refractivity contribution in [3.63, 3.8) is 0 Å². The topological polar surface area (TPSA) is 63.6 Å². The lowest BCUT2D eigenvalue weighted by atomic mass is 10.0. The molecule has 212 valence electrons. The number of aliphatic carboxylic acids is 1. The van der Waals surface area contributed by atoms with Crippen molar-refractivity contribution in [2.45, 2.75) is 180 Å². The van der Waals surface area contributed by atoms with Gasteiger partial charge in [-0.3, -0.25) is 9.59 Å². The van der Waals surface area contributed by atoms with E-state index in [1.807, 2.05) is 0 Å². The van der Waals surface area contributed by atoms with Crippen LogP contribution in [0.15, 0.2) is 12.2 Å². The molecular weight excluding hydrogens is 448 g/mol. The molecule has 1 atom stereocenters. The molecule has 0 aliphatic carbocycles. The fraction of sp³-hybridized carbons (Fsp3) is 0.875. The first-order valence-electron chi connectivity index (χ1n) is 15.7. The average molecular weight is 509 g/mol. The SMILES string of the molecule is CCCCCC/C=C\CCCCCCCCC(=O)OC(CCC)CCCCCCCCCCC(=O)O. The lowest BCUT2D eigenvalue weighted by Gasteiger charge is -2.17. The highest BCUT2D eigenvalue weighted by molar-refractivity contribution is 5.69. The lowest BCUT2D eigenvalue weighted by molar-refractivity contribution is -0.150. The quantitative estimate of drug-likeness (QED) is 0.0648. The number of hydrogen-bond donors (Lipinski definition) is 1. The fourth-order valence-corrected chi connectivity index (χ4v) is 4.70. The highest BCUT2D eigenvalue weighted by atomic mass is 16.5. The molecule has 0 amide bonds. The maximum atomic E-state index is 12.3. The van der Waals surface area contributed by atoms with E-state index in [2.05, 4.69) is 26.0 Å². The molecule has 0 heterocycles. The number of carboxylic acids is 1. The van der Waals surface area contributed by atoms with Gasteiger partial charge in [-0.15, -0.1) is 0 Å². The molecule has 0 bridgehead atoms. The fourth-order valence-electron chi connectivity index (χ4n) is 4.70. The number of hydrogen-bond acceptors (Lipinski definition) is 3. The summed E-state index contributed by atoms with van der Waals surface area (Å²) in [6.07, 6.45) is 32.7. The first kappa shape index (κ1) is 34.7. The molecule has 0 aromatic rings. The van der Waals surface area contributed by atoms with Gasteiger partial charge in [0.1, 0.15) is 6.10 Å². The maximum Gasteiger partial charge on any atom is 0.306 e. The van der Waals surface area contributed by atoms with Crippen LogP contribution in [-0.2, 0) is 14.3 Å². The standard InChI is InChI=1S/C32H60O4/c1-3-5-6-7-8-9-10-11-12-13-14-19-22-25-29-32(35)36-30(26-4-2)27-23-20-17-15-16-18-21-24-28-31(33)34/h9-10,30H,3-8,11-29H2,1-2H3,(H,33,34)/b10-9-. The number of unbranched alkanes of at least 4 members (excludes halogenated alkanes) is 17. The van der Waals surface area contributed by atoms with Gasteiger partial charge in [-0.1, -0.05) is 116 Å². The van der Waals surface area contributed by atoms with E-state index in [1.165, 1.54) is 89.9 Å². The zero-order valence-electron chi connectivity index (χ0n) is 24.1. The summed E-state index contributed by atoms with van der Waals surface area (Å²) in [5.74, 6) is -0.686. The molecule has 0 saturated heterocycles. The van der Waals surface area contributed by atoms with Gasteiger partial charge in [0, 0.05) is 12.8 Å². The molecule has 0 aromatic carbocycles. The van der Waals surface area contributed by atoms with Crippen molar-refractivity contribution in [3.8, 4) is 0 Å². The van der Waals surface area contributed by atoms with Gasteiger partial charge in [0.05, 0.1) is 0 Å². The van der Waals surface area contributed by atoms with Crippen molar-refractivity contribution >= 4 is 11.9 Å². The first-order valence-corrected chi connectivity index (χ1v) is 15.7. The van der Waals surface area contributed by atoms with E-state index in [1.54, 1.807) is 0 Å². The minimum absolute atomic E-state index is 0.00103. The van der Waals surface area contributed by atoms with E-state index in [-0.39, 0.29) is 12.1 Å². The van der Waals surface area contributed by atoms with Crippen LogP contribution in [0, 0.1) is 0 Å². The summed E-state index contributed by atoms with van der Waals surface area (Å²) < 4.78 is 5.80. The van der Waals surface area contributed by atoms with Crippen LogP contribution in [0.1, 0.15) is 174 Å². The van der Waals surface area contributed by atoms with Crippen LogP contribution in [0.5, 0.6) is 0 Å². The van der Waals surface area contributed by atoms with Gasteiger partial charge in [0.15, 0.2) is 0 Å². The van der Waals surface area contributed by atoms with Crippen molar-refractivity contribution in [3.05, 3.63) is 12.2 Å². The summed E-state index contributed by atoms with van der Waals surface area (Å²) in [5, 5.41) is 8.65. The number of ether oxygens (including phenoxy) is 1. The zero-order chi connectivity index (χ0) is 26.5. The number of allylic oxidation sites excluding steroid dienone is 2. The van der Waals surface area contributed by atoms with E-state index in [4.69, 9.17) is 9.84 Å². The second-order valence-corrected chi connectivity index (χ2v) is 10.6.